The molecule has 0 aliphatic heterocycles. The number of benzene rings is 3. The van der Waals surface area contributed by atoms with E-state index in [2.05, 4.69) is 15.6 Å². The molecule has 0 spiro atoms. The minimum absolute atomic E-state index is 0.243. The van der Waals surface area contributed by atoms with Crippen LogP contribution in [0.4, 0.5) is 5.69 Å². The number of guanidine groups is 1. The van der Waals surface area contributed by atoms with Crippen LogP contribution < -0.4 is 10.6 Å². The van der Waals surface area contributed by atoms with Gasteiger partial charge in [0.15, 0.2) is 5.96 Å². The van der Waals surface area contributed by atoms with Gasteiger partial charge in [-0.2, -0.15) is 0 Å². The fourth-order valence-electron chi connectivity index (χ4n) is 2.82. The van der Waals surface area contributed by atoms with Gasteiger partial charge in [-0.3, -0.25) is 4.79 Å². The second-order valence-corrected chi connectivity index (χ2v) is 7.11. The van der Waals surface area contributed by atoms with Crippen LogP contribution in [0.3, 0.4) is 0 Å². The highest BCUT2D eigenvalue weighted by Crippen LogP contribution is 2.24. The van der Waals surface area contributed by atoms with Gasteiger partial charge in [0.05, 0.1) is 6.04 Å². The van der Waals surface area contributed by atoms with Gasteiger partial charge in [-0.05, 0) is 29.3 Å². The third-order valence-corrected chi connectivity index (χ3v) is 4.48. The first-order valence-corrected chi connectivity index (χ1v) is 9.62. The molecule has 0 unspecified atom stereocenters. The van der Waals surface area contributed by atoms with E-state index in [-0.39, 0.29) is 12.6 Å². The molecule has 0 heterocycles. The summed E-state index contributed by atoms with van der Waals surface area (Å²) in [5.41, 5.74) is 2.61. The molecule has 148 valence electrons. The number of nitrogens with zero attached hydrogens (tertiary/aromatic N) is 1. The van der Waals surface area contributed by atoms with E-state index in [1.54, 1.807) is 18.2 Å². The Balaban J connectivity index is 1.94. The largest absolute Gasteiger partial charge is 0.480 e. The number of hydrogen-bond donors (Lipinski definition) is 3. The lowest BCUT2D eigenvalue weighted by Crippen LogP contribution is -2.35. The second-order valence-electron chi connectivity index (χ2n) is 6.24. The van der Waals surface area contributed by atoms with Gasteiger partial charge in [0, 0.05) is 15.7 Å². The molecule has 5 nitrogen and oxygen atoms in total. The van der Waals surface area contributed by atoms with Gasteiger partial charge in [0.1, 0.15) is 6.54 Å². The predicted octanol–water partition coefficient (Wildman–Crippen LogP) is 5.23. The van der Waals surface area contributed by atoms with E-state index < -0.39 is 5.97 Å². The van der Waals surface area contributed by atoms with Crippen molar-refractivity contribution >= 4 is 40.8 Å². The Kier molecular flexibility index (Phi) is 7.11. The van der Waals surface area contributed by atoms with Crippen LogP contribution in [-0.4, -0.2) is 23.6 Å². The molecule has 0 saturated carbocycles. The van der Waals surface area contributed by atoms with E-state index in [0.717, 1.165) is 11.1 Å². The van der Waals surface area contributed by atoms with Gasteiger partial charge in [-0.25, -0.2) is 4.99 Å². The highest BCUT2D eigenvalue weighted by molar-refractivity contribution is 6.35. The van der Waals surface area contributed by atoms with Crippen molar-refractivity contribution in [3.8, 4) is 0 Å². The summed E-state index contributed by atoms with van der Waals surface area (Å²) in [4.78, 5) is 15.3. The summed E-state index contributed by atoms with van der Waals surface area (Å²) >= 11 is 12.2. The fourth-order valence-corrected chi connectivity index (χ4v) is 3.34. The van der Waals surface area contributed by atoms with Gasteiger partial charge >= 0.3 is 5.97 Å². The molecule has 0 bridgehead atoms. The van der Waals surface area contributed by atoms with Crippen LogP contribution in [0.2, 0.25) is 10.0 Å². The summed E-state index contributed by atoms with van der Waals surface area (Å²) in [6, 6.07) is 24.4. The lowest BCUT2D eigenvalue weighted by molar-refractivity contribution is -0.135. The molecule has 3 aromatic carbocycles. The lowest BCUT2D eigenvalue weighted by atomic mass is 9.99. The quantitative estimate of drug-likeness (QED) is 0.372. The second kappa shape index (κ2) is 9.96. The third kappa shape index (κ3) is 6.24. The molecule has 7 heteroatoms. The zero-order chi connectivity index (χ0) is 20.6. The van der Waals surface area contributed by atoms with Crippen molar-refractivity contribution in [3.63, 3.8) is 0 Å². The Labute approximate surface area is 179 Å². The number of aliphatic imine (C=N–C) groups is 1. The zero-order valence-electron chi connectivity index (χ0n) is 15.3. The Bertz CT molecular complexity index is 936. The monoisotopic (exact) mass is 427 g/mol. The maximum absolute atomic E-state index is 11.1. The molecular formula is C22H19Cl2N3O2. The van der Waals surface area contributed by atoms with E-state index >= 15 is 0 Å². The number of rotatable bonds is 6. The van der Waals surface area contributed by atoms with Crippen LogP contribution in [0.15, 0.2) is 83.9 Å². The van der Waals surface area contributed by atoms with Gasteiger partial charge < -0.3 is 15.7 Å². The normalized spacial score (nSPS) is 11.3. The Hall–Kier alpha value is -3.02. The van der Waals surface area contributed by atoms with Crippen molar-refractivity contribution in [2.45, 2.75) is 6.04 Å². The molecule has 0 atom stereocenters. The highest BCUT2D eigenvalue weighted by atomic mass is 35.5. The van der Waals surface area contributed by atoms with E-state index in [1.807, 2.05) is 60.7 Å². The van der Waals surface area contributed by atoms with Gasteiger partial charge in [0.2, 0.25) is 0 Å². The summed E-state index contributed by atoms with van der Waals surface area (Å²) in [5, 5.41) is 16.4. The summed E-state index contributed by atoms with van der Waals surface area (Å²) in [6.07, 6.45) is 0. The number of anilines is 1. The smallest absolute Gasteiger partial charge is 0.325 e. The summed E-state index contributed by atoms with van der Waals surface area (Å²) in [5.74, 6) is -0.741. The van der Waals surface area contributed by atoms with E-state index in [1.165, 1.54) is 0 Å². The summed E-state index contributed by atoms with van der Waals surface area (Å²) in [7, 11) is 0. The fraction of sp³-hybridized carbons (Fsp3) is 0.0909. The number of hydrogen-bond acceptors (Lipinski definition) is 2. The molecule has 0 aromatic heterocycles. The van der Waals surface area contributed by atoms with E-state index in [0.29, 0.717) is 21.7 Å². The maximum Gasteiger partial charge on any atom is 0.325 e. The van der Waals surface area contributed by atoms with Gasteiger partial charge in [-0.15, -0.1) is 0 Å². The SMILES string of the molecule is O=C(O)CN=C(Nc1cc(Cl)cc(Cl)c1)NC(c1ccccc1)c1ccccc1. The standard InChI is InChI=1S/C22H19Cl2N3O2/c23-17-11-18(24)13-19(12-17)26-22(25-14-20(28)29)27-21(15-7-3-1-4-8-15)16-9-5-2-6-10-16/h1-13,21H,14H2,(H,28,29)(H2,25,26,27). The van der Waals surface area contributed by atoms with Gasteiger partial charge in [-0.1, -0.05) is 83.9 Å². The van der Waals surface area contributed by atoms with Crippen molar-refractivity contribution in [3.05, 3.63) is 100 Å². The molecule has 0 saturated heterocycles. The highest BCUT2D eigenvalue weighted by Gasteiger charge is 2.16. The lowest BCUT2D eigenvalue weighted by Gasteiger charge is -2.23. The molecule has 3 N–H and O–H groups in total. The molecule has 29 heavy (non-hydrogen) atoms. The molecule has 0 amide bonds. The summed E-state index contributed by atoms with van der Waals surface area (Å²) < 4.78 is 0. The summed E-state index contributed by atoms with van der Waals surface area (Å²) in [6.45, 7) is -0.389. The molecule has 0 aliphatic carbocycles. The van der Waals surface area contributed by atoms with Crippen LogP contribution in [0.1, 0.15) is 17.2 Å². The average molecular weight is 428 g/mol. The van der Waals surface area contributed by atoms with Crippen molar-refractivity contribution in [1.82, 2.24) is 5.32 Å². The average Bonchev–Trinajstić information content (AvgIpc) is 2.70. The Morgan fingerprint density at radius 2 is 1.41 bits per heavy atom. The minimum atomic E-state index is -1.04. The van der Waals surface area contributed by atoms with Gasteiger partial charge in [0.25, 0.3) is 0 Å². The van der Waals surface area contributed by atoms with Crippen molar-refractivity contribution in [2.24, 2.45) is 4.99 Å². The number of carboxylic acid groups (broad SMARTS) is 1. The van der Waals surface area contributed by atoms with Crippen LogP contribution in [-0.2, 0) is 4.79 Å². The number of halogens is 2. The number of carboxylic acids is 1. The number of carbonyl (C=O) groups is 1. The minimum Gasteiger partial charge on any atom is -0.480 e. The van der Waals surface area contributed by atoms with Crippen molar-refractivity contribution in [1.29, 1.82) is 0 Å². The van der Waals surface area contributed by atoms with Crippen LogP contribution in [0, 0.1) is 0 Å². The molecule has 0 radical (unpaired) electrons. The first-order valence-electron chi connectivity index (χ1n) is 8.87. The molecule has 3 aromatic rings. The van der Waals surface area contributed by atoms with E-state index in [4.69, 9.17) is 28.3 Å². The van der Waals surface area contributed by atoms with Crippen LogP contribution in [0.5, 0.6) is 0 Å². The van der Waals surface area contributed by atoms with Crippen LogP contribution >= 0.6 is 23.2 Å². The Morgan fingerprint density at radius 1 is 0.897 bits per heavy atom. The van der Waals surface area contributed by atoms with Crippen molar-refractivity contribution < 1.29 is 9.90 Å². The molecule has 0 aliphatic rings. The Morgan fingerprint density at radius 3 is 1.90 bits per heavy atom. The van der Waals surface area contributed by atoms with E-state index in [9.17, 15) is 4.79 Å². The zero-order valence-corrected chi connectivity index (χ0v) is 16.9. The number of nitrogens with one attached hydrogen (secondary N) is 2. The topological polar surface area (TPSA) is 73.7 Å². The third-order valence-electron chi connectivity index (χ3n) is 4.04. The molecule has 0 fully saturated rings. The van der Waals surface area contributed by atoms with Crippen molar-refractivity contribution in [2.75, 3.05) is 11.9 Å². The number of aliphatic carboxylic acids is 1. The van der Waals surface area contributed by atoms with Crippen LogP contribution in [0.25, 0.3) is 0 Å². The first-order chi connectivity index (χ1) is 14.0. The molecule has 3 rings (SSSR count). The molecular weight excluding hydrogens is 409 g/mol. The predicted molar refractivity (Wildman–Crippen MR) is 118 cm³/mol. The first kappa shape index (κ1) is 20.7. The maximum atomic E-state index is 11.1.